The van der Waals surface area contributed by atoms with Crippen molar-refractivity contribution in [2.75, 3.05) is 10.4 Å². The summed E-state index contributed by atoms with van der Waals surface area (Å²) in [5, 5.41) is 4.86. The van der Waals surface area contributed by atoms with Crippen LogP contribution in [0.5, 0.6) is 0 Å². The number of nitrogens with zero attached hydrogens (tertiary/aromatic N) is 1. The summed E-state index contributed by atoms with van der Waals surface area (Å²) in [6.45, 7) is 4.21. The molecule has 164 valence electrons. The van der Waals surface area contributed by atoms with E-state index in [9.17, 15) is 9.59 Å². The number of hydrazine groups is 1. The van der Waals surface area contributed by atoms with E-state index >= 15 is 0 Å². The molecule has 0 spiro atoms. The number of amides is 2. The molecule has 1 atom stereocenters. The molecule has 1 fully saturated rings. The van der Waals surface area contributed by atoms with Crippen LogP contribution in [0.4, 0.5) is 11.4 Å². The fraction of sp³-hybridized carbons (Fsp3) is 0.462. The molecular formula is C26H33N3O2. The molecule has 2 N–H and O–H groups in total. The van der Waals surface area contributed by atoms with Crippen LogP contribution in [0.15, 0.2) is 42.5 Å². The predicted molar refractivity (Wildman–Crippen MR) is 125 cm³/mol. The maximum Gasteiger partial charge on any atom is 0.253 e. The molecule has 2 amide bonds. The van der Waals surface area contributed by atoms with Gasteiger partial charge in [0.15, 0.2) is 0 Å². The van der Waals surface area contributed by atoms with Gasteiger partial charge in [-0.15, -0.1) is 0 Å². The van der Waals surface area contributed by atoms with Gasteiger partial charge in [-0.3, -0.25) is 15.0 Å². The Bertz CT molecular complexity index is 949. The van der Waals surface area contributed by atoms with Gasteiger partial charge in [0.25, 0.3) is 5.91 Å². The molecule has 4 rings (SSSR count). The fourth-order valence-corrected chi connectivity index (χ4v) is 4.93. The summed E-state index contributed by atoms with van der Waals surface area (Å²) in [6, 6.07) is 14.4. The summed E-state index contributed by atoms with van der Waals surface area (Å²) in [5.74, 6) is -0.527. The number of carbonyl (C=O) groups excluding carboxylic acids is 2. The van der Waals surface area contributed by atoms with E-state index < -0.39 is 5.92 Å². The van der Waals surface area contributed by atoms with Crippen molar-refractivity contribution in [2.24, 2.45) is 0 Å². The maximum atomic E-state index is 13.5. The van der Waals surface area contributed by atoms with Crippen molar-refractivity contribution >= 4 is 23.2 Å². The van der Waals surface area contributed by atoms with Crippen LogP contribution in [0.2, 0.25) is 0 Å². The zero-order valence-electron chi connectivity index (χ0n) is 18.6. The summed E-state index contributed by atoms with van der Waals surface area (Å²) in [4.78, 5) is 26.4. The molecule has 5 nitrogen and oxygen atoms in total. The molecule has 1 heterocycles. The topological polar surface area (TPSA) is 61.4 Å². The number of nitrogens with one attached hydrogen (secondary N) is 2. The van der Waals surface area contributed by atoms with Gasteiger partial charge in [0.2, 0.25) is 5.91 Å². The van der Waals surface area contributed by atoms with E-state index in [4.69, 9.17) is 0 Å². The first-order chi connectivity index (χ1) is 15.1. The normalized spacial score (nSPS) is 18.7. The second-order valence-electron chi connectivity index (χ2n) is 8.66. The van der Waals surface area contributed by atoms with E-state index in [0.29, 0.717) is 0 Å². The Kier molecular flexibility index (Phi) is 6.59. The summed E-state index contributed by atoms with van der Waals surface area (Å²) < 4.78 is 0. The van der Waals surface area contributed by atoms with E-state index in [-0.39, 0.29) is 24.3 Å². The van der Waals surface area contributed by atoms with Crippen molar-refractivity contribution < 1.29 is 9.59 Å². The lowest BCUT2D eigenvalue weighted by molar-refractivity contribution is -0.126. The van der Waals surface area contributed by atoms with Gasteiger partial charge >= 0.3 is 0 Å². The van der Waals surface area contributed by atoms with Crippen molar-refractivity contribution in [1.29, 1.82) is 0 Å². The van der Waals surface area contributed by atoms with E-state index in [2.05, 4.69) is 36.7 Å². The van der Waals surface area contributed by atoms with Gasteiger partial charge in [-0.25, -0.2) is 5.01 Å². The van der Waals surface area contributed by atoms with Crippen molar-refractivity contribution in [3.63, 3.8) is 0 Å². The number of anilines is 2. The Balaban J connectivity index is 1.59. The average molecular weight is 420 g/mol. The van der Waals surface area contributed by atoms with E-state index in [1.165, 1.54) is 19.3 Å². The number of aryl methyl sites for hydroxylation is 2. The van der Waals surface area contributed by atoms with Crippen LogP contribution in [-0.4, -0.2) is 17.9 Å². The van der Waals surface area contributed by atoms with E-state index in [1.807, 2.05) is 30.3 Å². The third kappa shape index (κ3) is 4.46. The molecule has 0 radical (unpaired) electrons. The standard InChI is InChI=1S/C26H33N3O2/c1-3-18-11-8-9-16-23(18)28-29-25-19(4-2)12-10-15-21(25)22(26(29)31)17-24(30)27-20-13-6-5-7-14-20/h8-12,15-16,20,22,28H,3-7,13-14,17H2,1-2H3,(H,27,30). The van der Waals surface area contributed by atoms with Gasteiger partial charge in [-0.05, 0) is 48.4 Å². The summed E-state index contributed by atoms with van der Waals surface area (Å²) in [6.07, 6.45) is 7.58. The highest BCUT2D eigenvalue weighted by Crippen LogP contribution is 2.42. The number of carbonyl (C=O) groups is 2. The lowest BCUT2D eigenvalue weighted by Crippen LogP contribution is -2.39. The van der Waals surface area contributed by atoms with Crippen LogP contribution in [0, 0.1) is 0 Å². The van der Waals surface area contributed by atoms with E-state index in [1.54, 1.807) is 5.01 Å². The Morgan fingerprint density at radius 3 is 2.42 bits per heavy atom. The van der Waals surface area contributed by atoms with Crippen molar-refractivity contribution in [3.8, 4) is 0 Å². The van der Waals surface area contributed by atoms with Gasteiger partial charge < -0.3 is 5.32 Å². The van der Waals surface area contributed by atoms with Crippen LogP contribution in [0.3, 0.4) is 0 Å². The minimum atomic E-state index is -0.452. The minimum absolute atomic E-state index is 0.0195. The number of para-hydroxylation sites is 2. The van der Waals surface area contributed by atoms with E-state index in [0.717, 1.165) is 53.7 Å². The summed E-state index contributed by atoms with van der Waals surface area (Å²) in [7, 11) is 0. The molecule has 0 aromatic heterocycles. The molecule has 2 aromatic rings. The van der Waals surface area contributed by atoms with Crippen molar-refractivity contribution in [3.05, 3.63) is 59.2 Å². The molecule has 1 aliphatic carbocycles. The van der Waals surface area contributed by atoms with Crippen LogP contribution in [0.25, 0.3) is 0 Å². The molecule has 2 aliphatic rings. The minimum Gasteiger partial charge on any atom is -0.353 e. The first kappa shape index (κ1) is 21.4. The maximum absolute atomic E-state index is 13.5. The first-order valence-electron chi connectivity index (χ1n) is 11.7. The highest BCUT2D eigenvalue weighted by atomic mass is 16.2. The number of hydrogen-bond donors (Lipinski definition) is 2. The lowest BCUT2D eigenvalue weighted by Gasteiger charge is -2.24. The summed E-state index contributed by atoms with van der Waals surface area (Å²) in [5.41, 5.74) is 8.44. The van der Waals surface area contributed by atoms with Gasteiger partial charge in [0.1, 0.15) is 0 Å². The van der Waals surface area contributed by atoms with Gasteiger partial charge in [0.05, 0.1) is 17.3 Å². The van der Waals surface area contributed by atoms with Crippen LogP contribution < -0.4 is 15.8 Å². The van der Waals surface area contributed by atoms with Crippen LogP contribution >= 0.6 is 0 Å². The highest BCUT2D eigenvalue weighted by molar-refractivity contribution is 6.08. The Morgan fingerprint density at radius 2 is 1.68 bits per heavy atom. The third-order valence-corrected chi connectivity index (χ3v) is 6.64. The quantitative estimate of drug-likeness (QED) is 0.656. The molecule has 31 heavy (non-hydrogen) atoms. The second kappa shape index (κ2) is 9.54. The second-order valence-corrected chi connectivity index (χ2v) is 8.66. The molecular weight excluding hydrogens is 386 g/mol. The van der Waals surface area contributed by atoms with Gasteiger partial charge in [-0.2, -0.15) is 0 Å². The Labute approximate surface area is 185 Å². The molecule has 2 aromatic carbocycles. The molecule has 1 saturated carbocycles. The molecule has 5 heteroatoms. The smallest absolute Gasteiger partial charge is 0.253 e. The van der Waals surface area contributed by atoms with Gasteiger partial charge in [-0.1, -0.05) is 69.5 Å². The predicted octanol–water partition coefficient (Wildman–Crippen LogP) is 5.11. The zero-order valence-corrected chi connectivity index (χ0v) is 18.6. The largest absolute Gasteiger partial charge is 0.353 e. The molecule has 1 unspecified atom stereocenters. The SMILES string of the molecule is CCc1ccccc1NN1C(=O)C(CC(=O)NC2CCCCC2)c2cccc(CC)c21. The van der Waals surface area contributed by atoms with Crippen LogP contribution in [-0.2, 0) is 22.4 Å². The Hall–Kier alpha value is -2.82. The zero-order chi connectivity index (χ0) is 21.8. The number of rotatable bonds is 7. The molecule has 0 saturated heterocycles. The molecule has 0 bridgehead atoms. The lowest BCUT2D eigenvalue weighted by atomic mass is 9.93. The van der Waals surface area contributed by atoms with Crippen molar-refractivity contribution in [1.82, 2.24) is 5.32 Å². The first-order valence-corrected chi connectivity index (χ1v) is 11.7. The number of hydrogen-bond acceptors (Lipinski definition) is 3. The Morgan fingerprint density at radius 1 is 0.968 bits per heavy atom. The number of benzene rings is 2. The highest BCUT2D eigenvalue weighted by Gasteiger charge is 2.40. The van der Waals surface area contributed by atoms with Crippen molar-refractivity contribution in [2.45, 2.75) is 77.2 Å². The monoisotopic (exact) mass is 419 g/mol. The average Bonchev–Trinajstić information content (AvgIpc) is 3.06. The summed E-state index contributed by atoms with van der Waals surface area (Å²) >= 11 is 0. The van der Waals surface area contributed by atoms with Gasteiger partial charge in [0, 0.05) is 12.5 Å². The third-order valence-electron chi connectivity index (χ3n) is 6.64. The van der Waals surface area contributed by atoms with Crippen LogP contribution in [0.1, 0.15) is 75.0 Å². The molecule has 1 aliphatic heterocycles. The number of fused-ring (bicyclic) bond motifs is 1. The fourth-order valence-electron chi connectivity index (χ4n) is 4.93.